The van der Waals surface area contributed by atoms with Crippen molar-refractivity contribution in [3.8, 4) is 44.5 Å². The Balaban J connectivity index is 1.06. The Morgan fingerprint density at radius 3 is 1.29 bits per heavy atom. The van der Waals surface area contributed by atoms with Gasteiger partial charge in [-0.15, -0.1) is 0 Å². The van der Waals surface area contributed by atoms with Crippen LogP contribution in [-0.4, -0.2) is 0 Å². The number of para-hydroxylation sites is 1. The van der Waals surface area contributed by atoms with Crippen LogP contribution in [0.3, 0.4) is 0 Å². The standard InChI is InChI=1S/C56H39NO/c1-56(49-21-10-8-18-46(49)47-19-9-11-22-50(47)56)51-23-13-25-53-54(51)48-20-12-24-52(55(48)58-53)57(44-34-30-42(31-35-44)39-16-6-3-7-17-39)45-36-32-43(33-37-45)41-28-26-40(27-29-41)38-14-4-2-5-15-38/h2-37H,1H3. The molecule has 1 aromatic heterocycles. The lowest BCUT2D eigenvalue weighted by atomic mass is 9.73. The number of hydrogen-bond acceptors (Lipinski definition) is 2. The zero-order valence-electron chi connectivity index (χ0n) is 32.1. The highest BCUT2D eigenvalue weighted by Gasteiger charge is 2.42. The van der Waals surface area contributed by atoms with Crippen LogP contribution in [0.2, 0.25) is 0 Å². The highest BCUT2D eigenvalue weighted by molar-refractivity contribution is 6.12. The fraction of sp³-hybridized carbons (Fsp3) is 0.0357. The summed E-state index contributed by atoms with van der Waals surface area (Å²) >= 11 is 0. The number of furan rings is 1. The van der Waals surface area contributed by atoms with Crippen molar-refractivity contribution in [2.75, 3.05) is 4.90 Å². The maximum atomic E-state index is 7.02. The lowest BCUT2D eigenvalue weighted by Crippen LogP contribution is -2.22. The van der Waals surface area contributed by atoms with Gasteiger partial charge in [0, 0.05) is 27.6 Å². The van der Waals surface area contributed by atoms with Gasteiger partial charge in [-0.25, -0.2) is 0 Å². The van der Waals surface area contributed by atoms with Crippen LogP contribution >= 0.6 is 0 Å². The van der Waals surface area contributed by atoms with E-state index in [4.69, 9.17) is 4.42 Å². The molecule has 10 aromatic rings. The second-order valence-corrected chi connectivity index (χ2v) is 15.4. The predicted molar refractivity (Wildman–Crippen MR) is 242 cm³/mol. The maximum absolute atomic E-state index is 7.02. The van der Waals surface area contributed by atoms with Gasteiger partial charge in [0.05, 0.1) is 5.69 Å². The first-order valence-corrected chi connectivity index (χ1v) is 20.0. The Hall–Kier alpha value is -7.42. The molecule has 274 valence electrons. The number of nitrogens with zero attached hydrogens (tertiary/aromatic N) is 1. The van der Waals surface area contributed by atoms with Crippen LogP contribution in [0.25, 0.3) is 66.4 Å². The minimum atomic E-state index is -0.360. The second-order valence-electron chi connectivity index (χ2n) is 15.4. The zero-order valence-corrected chi connectivity index (χ0v) is 32.1. The minimum Gasteiger partial charge on any atom is -0.454 e. The summed E-state index contributed by atoms with van der Waals surface area (Å²) in [6.07, 6.45) is 0. The topological polar surface area (TPSA) is 16.4 Å². The molecule has 0 bridgehead atoms. The van der Waals surface area contributed by atoms with Crippen LogP contribution < -0.4 is 4.90 Å². The van der Waals surface area contributed by atoms with E-state index < -0.39 is 0 Å². The maximum Gasteiger partial charge on any atom is 0.159 e. The van der Waals surface area contributed by atoms with Gasteiger partial charge >= 0.3 is 0 Å². The van der Waals surface area contributed by atoms with Crippen LogP contribution in [0, 0.1) is 0 Å². The molecule has 2 heteroatoms. The molecule has 0 aliphatic heterocycles. The van der Waals surface area contributed by atoms with Crippen molar-refractivity contribution in [2.45, 2.75) is 12.3 Å². The van der Waals surface area contributed by atoms with Crippen molar-refractivity contribution in [2.24, 2.45) is 0 Å². The molecule has 0 N–H and O–H groups in total. The summed E-state index contributed by atoms with van der Waals surface area (Å²) in [7, 11) is 0. The monoisotopic (exact) mass is 741 g/mol. The van der Waals surface area contributed by atoms with E-state index in [9.17, 15) is 0 Å². The molecule has 0 radical (unpaired) electrons. The molecule has 9 aromatic carbocycles. The number of fused-ring (bicyclic) bond motifs is 6. The molecule has 1 aliphatic rings. The highest BCUT2D eigenvalue weighted by atomic mass is 16.3. The third-order valence-electron chi connectivity index (χ3n) is 12.2. The molecular weight excluding hydrogens is 703 g/mol. The fourth-order valence-corrected chi connectivity index (χ4v) is 9.32. The summed E-state index contributed by atoms with van der Waals surface area (Å²) in [6.45, 7) is 2.38. The largest absolute Gasteiger partial charge is 0.454 e. The van der Waals surface area contributed by atoms with Crippen LogP contribution in [0.4, 0.5) is 17.1 Å². The van der Waals surface area contributed by atoms with E-state index in [0.717, 1.165) is 39.0 Å². The van der Waals surface area contributed by atoms with Gasteiger partial charge in [-0.3, -0.25) is 0 Å². The Bertz CT molecular complexity index is 3040. The number of rotatable bonds is 7. The highest BCUT2D eigenvalue weighted by Crippen LogP contribution is 2.55. The first-order chi connectivity index (χ1) is 28.6. The van der Waals surface area contributed by atoms with Gasteiger partial charge < -0.3 is 9.32 Å². The molecule has 1 heterocycles. The molecule has 58 heavy (non-hydrogen) atoms. The summed E-state index contributed by atoms with van der Waals surface area (Å²) in [5.74, 6) is 0. The van der Waals surface area contributed by atoms with Crippen molar-refractivity contribution in [1.29, 1.82) is 0 Å². The lowest BCUT2D eigenvalue weighted by molar-refractivity contribution is 0.666. The summed E-state index contributed by atoms with van der Waals surface area (Å²) < 4.78 is 7.02. The molecule has 0 spiro atoms. The molecule has 0 saturated carbocycles. The summed E-state index contributed by atoms with van der Waals surface area (Å²) in [6, 6.07) is 78.6. The molecule has 11 rings (SSSR count). The summed E-state index contributed by atoms with van der Waals surface area (Å²) in [5, 5.41) is 2.26. The first kappa shape index (κ1) is 33.9. The third-order valence-corrected chi connectivity index (χ3v) is 12.2. The van der Waals surface area contributed by atoms with E-state index in [1.165, 1.54) is 61.2 Å². The van der Waals surface area contributed by atoms with Gasteiger partial charge in [0.1, 0.15) is 5.58 Å². The van der Waals surface area contributed by atoms with Crippen molar-refractivity contribution in [1.82, 2.24) is 0 Å². The van der Waals surface area contributed by atoms with Crippen molar-refractivity contribution >= 4 is 39.0 Å². The molecule has 0 fully saturated rings. The Labute approximate surface area is 338 Å². The second kappa shape index (κ2) is 13.7. The average Bonchev–Trinajstić information content (AvgIpc) is 3.82. The van der Waals surface area contributed by atoms with Crippen molar-refractivity contribution in [3.63, 3.8) is 0 Å². The number of anilines is 3. The lowest BCUT2D eigenvalue weighted by Gasteiger charge is -2.29. The van der Waals surface area contributed by atoms with Gasteiger partial charge in [0.15, 0.2) is 5.58 Å². The predicted octanol–water partition coefficient (Wildman–Crippen LogP) is 15.4. The molecule has 0 amide bonds. The van der Waals surface area contributed by atoms with Gasteiger partial charge in [-0.05, 0) is 105 Å². The van der Waals surface area contributed by atoms with E-state index in [1.54, 1.807) is 0 Å². The molecular formula is C56H39NO. The zero-order chi connectivity index (χ0) is 38.6. The van der Waals surface area contributed by atoms with E-state index in [0.29, 0.717) is 0 Å². The molecule has 1 aliphatic carbocycles. The van der Waals surface area contributed by atoms with E-state index in [-0.39, 0.29) is 5.41 Å². The average molecular weight is 742 g/mol. The van der Waals surface area contributed by atoms with Crippen LogP contribution in [0.5, 0.6) is 0 Å². The molecule has 0 unspecified atom stereocenters. The molecule has 0 atom stereocenters. The summed E-state index contributed by atoms with van der Waals surface area (Å²) in [5.41, 5.74) is 18.1. The van der Waals surface area contributed by atoms with Crippen molar-refractivity contribution < 1.29 is 4.42 Å². The van der Waals surface area contributed by atoms with E-state index in [1.807, 2.05) is 0 Å². The number of benzene rings is 9. The van der Waals surface area contributed by atoms with E-state index >= 15 is 0 Å². The van der Waals surface area contributed by atoms with Crippen LogP contribution in [0.1, 0.15) is 23.6 Å². The third kappa shape index (κ3) is 5.41. The van der Waals surface area contributed by atoms with Gasteiger partial charge in [0.2, 0.25) is 0 Å². The van der Waals surface area contributed by atoms with E-state index in [2.05, 4.69) is 230 Å². The first-order valence-electron chi connectivity index (χ1n) is 20.0. The Morgan fingerprint density at radius 1 is 0.362 bits per heavy atom. The van der Waals surface area contributed by atoms with Crippen molar-refractivity contribution in [3.05, 3.63) is 235 Å². The number of hydrogen-bond donors (Lipinski definition) is 0. The fourth-order valence-electron chi connectivity index (χ4n) is 9.32. The van der Waals surface area contributed by atoms with Crippen LogP contribution in [-0.2, 0) is 5.41 Å². The Kier molecular flexibility index (Phi) is 7.97. The molecule has 0 saturated heterocycles. The van der Waals surface area contributed by atoms with Gasteiger partial charge in [0.25, 0.3) is 0 Å². The van der Waals surface area contributed by atoms with Crippen LogP contribution in [0.15, 0.2) is 223 Å². The smallest absolute Gasteiger partial charge is 0.159 e. The van der Waals surface area contributed by atoms with Gasteiger partial charge in [-0.1, -0.05) is 182 Å². The van der Waals surface area contributed by atoms with Gasteiger partial charge in [-0.2, -0.15) is 0 Å². The minimum absolute atomic E-state index is 0.360. The molecule has 2 nitrogen and oxygen atoms in total. The SMILES string of the molecule is CC1(c2cccc3oc4c(N(c5ccc(-c6ccccc6)cc5)c5ccc(-c6ccc(-c7ccccc7)cc6)cc5)cccc4c23)c2ccccc2-c2ccccc21. The summed E-state index contributed by atoms with van der Waals surface area (Å²) in [4.78, 5) is 2.34. The normalized spacial score (nSPS) is 12.7. The Morgan fingerprint density at radius 2 is 0.776 bits per heavy atom. The quantitative estimate of drug-likeness (QED) is 0.162.